The smallest absolute Gasteiger partial charge is 0.319 e. The van der Waals surface area contributed by atoms with Crippen LogP contribution in [0.1, 0.15) is 41.4 Å². The molecule has 1 unspecified atom stereocenters. The molecule has 7 nitrogen and oxygen atoms in total. The molecule has 0 saturated heterocycles. The number of rotatable bonds is 3. The highest BCUT2D eigenvalue weighted by Crippen LogP contribution is 2.29. The largest absolute Gasteiger partial charge is 0.329 e. The van der Waals surface area contributed by atoms with Crippen molar-refractivity contribution < 1.29 is 4.79 Å². The van der Waals surface area contributed by atoms with Crippen molar-refractivity contribution in [3.05, 3.63) is 33.8 Å². The first-order valence-corrected chi connectivity index (χ1v) is 9.27. The molecule has 1 aromatic carbocycles. The monoisotopic (exact) mass is 356 g/mol. The summed E-state index contributed by atoms with van der Waals surface area (Å²) in [6.45, 7) is 1.97. The second kappa shape index (κ2) is 6.44. The summed E-state index contributed by atoms with van der Waals surface area (Å²) >= 11 is 1.72. The van der Waals surface area contributed by atoms with Gasteiger partial charge in [-0.05, 0) is 50.8 Å². The molecule has 4 rings (SSSR count). The molecule has 1 aliphatic carbocycles. The molecule has 2 amide bonds. The first-order chi connectivity index (χ1) is 12.1. The number of anilines is 1. The highest BCUT2D eigenvalue weighted by atomic mass is 32.1. The highest BCUT2D eigenvalue weighted by molar-refractivity contribution is 7.11. The molecule has 0 fully saturated rings. The molecular weight excluding hydrogens is 336 g/mol. The summed E-state index contributed by atoms with van der Waals surface area (Å²) in [5.41, 5.74) is 3.58. The van der Waals surface area contributed by atoms with E-state index in [1.54, 1.807) is 16.0 Å². The van der Waals surface area contributed by atoms with Crippen molar-refractivity contribution in [1.82, 2.24) is 25.3 Å². The molecule has 2 N–H and O–H groups in total. The topological polar surface area (TPSA) is 84.7 Å². The molecule has 25 heavy (non-hydrogen) atoms. The van der Waals surface area contributed by atoms with Crippen LogP contribution in [0.3, 0.4) is 0 Å². The Hall–Kier alpha value is -2.48. The fourth-order valence-electron chi connectivity index (χ4n) is 3.10. The quantitative estimate of drug-likeness (QED) is 0.755. The Kier molecular flexibility index (Phi) is 4.12. The molecule has 0 spiro atoms. The van der Waals surface area contributed by atoms with Gasteiger partial charge >= 0.3 is 6.03 Å². The molecule has 1 atom stereocenters. The first-order valence-electron chi connectivity index (χ1n) is 8.45. The lowest BCUT2D eigenvalue weighted by atomic mass is 10.0. The van der Waals surface area contributed by atoms with Crippen LogP contribution in [-0.2, 0) is 19.9 Å². The van der Waals surface area contributed by atoms with Crippen molar-refractivity contribution in [2.45, 2.75) is 38.6 Å². The van der Waals surface area contributed by atoms with Gasteiger partial charge in [0.2, 0.25) is 0 Å². The summed E-state index contributed by atoms with van der Waals surface area (Å²) in [5.74, 6) is 0. The number of aryl methyl sites for hydroxylation is 3. The van der Waals surface area contributed by atoms with Gasteiger partial charge in [-0.2, -0.15) is 0 Å². The number of carbonyl (C=O) groups excluding carboxylic acids is 1. The summed E-state index contributed by atoms with van der Waals surface area (Å²) in [6, 6.07) is 5.19. The van der Waals surface area contributed by atoms with Crippen molar-refractivity contribution in [3.8, 4) is 0 Å². The number of amides is 2. The normalized spacial score (nSPS) is 15.0. The number of aromatic nitrogens is 4. The third kappa shape index (κ3) is 3.21. The van der Waals surface area contributed by atoms with Gasteiger partial charge < -0.3 is 10.6 Å². The van der Waals surface area contributed by atoms with Crippen LogP contribution in [0.5, 0.6) is 0 Å². The predicted molar refractivity (Wildman–Crippen MR) is 97.8 cm³/mol. The molecule has 2 aromatic heterocycles. The van der Waals surface area contributed by atoms with E-state index in [0.717, 1.165) is 28.9 Å². The van der Waals surface area contributed by atoms with E-state index >= 15 is 0 Å². The Morgan fingerprint density at radius 1 is 1.32 bits per heavy atom. The van der Waals surface area contributed by atoms with Gasteiger partial charge in [-0.3, -0.25) is 0 Å². The molecule has 3 aromatic rings. The van der Waals surface area contributed by atoms with E-state index in [2.05, 4.69) is 20.9 Å². The van der Waals surface area contributed by atoms with Crippen molar-refractivity contribution in [2.24, 2.45) is 7.05 Å². The van der Waals surface area contributed by atoms with Crippen LogP contribution in [0.4, 0.5) is 10.5 Å². The van der Waals surface area contributed by atoms with Gasteiger partial charge in [0.1, 0.15) is 10.5 Å². The zero-order valence-corrected chi connectivity index (χ0v) is 15.1. The lowest BCUT2D eigenvalue weighted by Crippen LogP contribution is -2.31. The summed E-state index contributed by atoms with van der Waals surface area (Å²) < 4.78 is 1.70. The maximum Gasteiger partial charge on any atom is 0.319 e. The number of thiazole rings is 1. The van der Waals surface area contributed by atoms with Crippen LogP contribution < -0.4 is 10.6 Å². The molecule has 8 heteroatoms. The molecular formula is C17H20N6OS. The van der Waals surface area contributed by atoms with Gasteiger partial charge in [-0.1, -0.05) is 5.21 Å². The zero-order chi connectivity index (χ0) is 17.4. The second-order valence-electron chi connectivity index (χ2n) is 6.37. The fraction of sp³-hybridized carbons (Fsp3) is 0.412. The maximum atomic E-state index is 12.3. The Morgan fingerprint density at radius 2 is 2.16 bits per heavy atom. The van der Waals surface area contributed by atoms with E-state index in [0.29, 0.717) is 5.69 Å². The third-order valence-corrected chi connectivity index (χ3v) is 5.79. The Labute approximate surface area is 149 Å². The molecule has 0 bridgehead atoms. The van der Waals surface area contributed by atoms with Crippen LogP contribution in [0.15, 0.2) is 18.2 Å². The number of hydrogen-bond acceptors (Lipinski definition) is 5. The van der Waals surface area contributed by atoms with Crippen molar-refractivity contribution in [1.29, 1.82) is 0 Å². The Bertz CT molecular complexity index is 907. The van der Waals surface area contributed by atoms with Crippen molar-refractivity contribution in [2.75, 3.05) is 5.32 Å². The standard InChI is InChI=1S/C17H20N6OS/c1-10(16-20-12-5-3-4-6-15(12)25-16)18-17(24)19-11-7-8-14-13(9-11)21-22-23(14)2/h7-10H,3-6H2,1-2H3,(H2,18,19,24). The van der Waals surface area contributed by atoms with Gasteiger partial charge in [0.25, 0.3) is 0 Å². The van der Waals surface area contributed by atoms with Gasteiger partial charge in [0.15, 0.2) is 0 Å². The number of nitrogens with one attached hydrogen (secondary N) is 2. The van der Waals surface area contributed by atoms with Gasteiger partial charge in [0, 0.05) is 17.6 Å². The average molecular weight is 356 g/mol. The van der Waals surface area contributed by atoms with Crippen LogP contribution in [0, 0.1) is 0 Å². The Balaban J connectivity index is 1.42. The van der Waals surface area contributed by atoms with E-state index in [4.69, 9.17) is 4.98 Å². The minimum Gasteiger partial charge on any atom is -0.329 e. The van der Waals surface area contributed by atoms with Gasteiger partial charge in [0.05, 0.1) is 17.3 Å². The van der Waals surface area contributed by atoms with E-state index < -0.39 is 0 Å². The molecule has 130 valence electrons. The number of hydrogen-bond donors (Lipinski definition) is 2. The van der Waals surface area contributed by atoms with E-state index in [1.165, 1.54) is 23.4 Å². The van der Waals surface area contributed by atoms with Gasteiger partial charge in [-0.15, -0.1) is 16.4 Å². The van der Waals surface area contributed by atoms with Crippen LogP contribution in [0.25, 0.3) is 11.0 Å². The van der Waals surface area contributed by atoms with E-state index in [1.807, 2.05) is 32.2 Å². The number of nitrogens with zero attached hydrogens (tertiary/aromatic N) is 4. The molecule has 2 heterocycles. The second-order valence-corrected chi connectivity index (χ2v) is 7.48. The molecule has 0 radical (unpaired) electrons. The van der Waals surface area contributed by atoms with Crippen LogP contribution in [0.2, 0.25) is 0 Å². The summed E-state index contributed by atoms with van der Waals surface area (Å²) in [4.78, 5) is 18.4. The van der Waals surface area contributed by atoms with Crippen molar-refractivity contribution >= 4 is 34.1 Å². The van der Waals surface area contributed by atoms with Crippen LogP contribution >= 0.6 is 11.3 Å². The van der Waals surface area contributed by atoms with Crippen molar-refractivity contribution in [3.63, 3.8) is 0 Å². The summed E-state index contributed by atoms with van der Waals surface area (Å²) in [6.07, 6.45) is 4.62. The number of fused-ring (bicyclic) bond motifs is 2. The van der Waals surface area contributed by atoms with Gasteiger partial charge in [-0.25, -0.2) is 14.5 Å². The SMILES string of the molecule is CC(NC(=O)Nc1ccc2c(c1)nnn2C)c1nc2c(s1)CCCC2. The zero-order valence-electron chi connectivity index (χ0n) is 14.2. The number of benzene rings is 1. The number of carbonyl (C=O) groups is 1. The maximum absolute atomic E-state index is 12.3. The minimum atomic E-state index is -0.246. The molecule has 0 saturated carbocycles. The average Bonchev–Trinajstić information content (AvgIpc) is 3.18. The third-order valence-electron chi connectivity index (χ3n) is 4.45. The summed E-state index contributed by atoms with van der Waals surface area (Å²) in [5, 5.41) is 14.8. The fourth-order valence-corrected chi connectivity index (χ4v) is 4.26. The number of urea groups is 1. The molecule has 1 aliphatic rings. The lowest BCUT2D eigenvalue weighted by molar-refractivity contribution is 0.249. The molecule has 0 aliphatic heterocycles. The summed E-state index contributed by atoms with van der Waals surface area (Å²) in [7, 11) is 1.84. The Morgan fingerprint density at radius 3 is 3.00 bits per heavy atom. The minimum absolute atomic E-state index is 0.115. The van der Waals surface area contributed by atoms with Crippen LogP contribution in [-0.4, -0.2) is 26.0 Å². The highest BCUT2D eigenvalue weighted by Gasteiger charge is 2.19. The van der Waals surface area contributed by atoms with E-state index in [-0.39, 0.29) is 12.1 Å². The lowest BCUT2D eigenvalue weighted by Gasteiger charge is -2.12. The predicted octanol–water partition coefficient (Wildman–Crippen LogP) is 3.19. The first kappa shape index (κ1) is 16.0. The van der Waals surface area contributed by atoms with E-state index in [9.17, 15) is 4.79 Å².